The lowest BCUT2D eigenvalue weighted by atomic mass is 10.1. The Morgan fingerprint density at radius 1 is 1.35 bits per heavy atom. The SMILES string of the molecule is O=[N+]([O-])c1cc(S(=O)(=O)Cl)nc(C(F)F)c1C(F)(F)F. The number of aromatic nitrogens is 1. The maximum absolute atomic E-state index is 12.6. The highest BCUT2D eigenvalue weighted by Gasteiger charge is 2.45. The fourth-order valence-corrected chi connectivity index (χ4v) is 1.94. The number of alkyl halides is 5. The maximum Gasteiger partial charge on any atom is 0.425 e. The first-order valence-corrected chi connectivity index (χ1v) is 6.66. The minimum atomic E-state index is -5.52. The average molecular weight is 341 g/mol. The molecule has 1 rings (SSSR count). The zero-order valence-electron chi connectivity index (χ0n) is 8.86. The van der Waals surface area contributed by atoms with Crippen LogP contribution >= 0.6 is 10.7 Å². The quantitative estimate of drug-likeness (QED) is 0.365. The number of halogens is 6. The molecule has 112 valence electrons. The van der Waals surface area contributed by atoms with Crippen molar-refractivity contribution < 1.29 is 35.3 Å². The van der Waals surface area contributed by atoms with E-state index in [1.807, 2.05) is 0 Å². The summed E-state index contributed by atoms with van der Waals surface area (Å²) >= 11 is 0. The van der Waals surface area contributed by atoms with Gasteiger partial charge in [-0.3, -0.25) is 10.1 Å². The third kappa shape index (κ3) is 3.30. The van der Waals surface area contributed by atoms with Crippen molar-refractivity contribution >= 4 is 25.4 Å². The van der Waals surface area contributed by atoms with E-state index in [2.05, 4.69) is 4.98 Å². The van der Waals surface area contributed by atoms with Gasteiger partial charge in [0.2, 0.25) is 0 Å². The van der Waals surface area contributed by atoms with Gasteiger partial charge in [0.25, 0.3) is 21.2 Å². The fraction of sp³-hybridized carbons (Fsp3) is 0.286. The molecule has 20 heavy (non-hydrogen) atoms. The maximum atomic E-state index is 12.6. The van der Waals surface area contributed by atoms with Crippen LogP contribution in [0, 0.1) is 10.1 Å². The summed E-state index contributed by atoms with van der Waals surface area (Å²) in [6, 6.07) is -0.128. The molecule has 0 saturated heterocycles. The summed E-state index contributed by atoms with van der Waals surface area (Å²) in [5, 5.41) is 9.05. The molecule has 1 aromatic heterocycles. The average Bonchev–Trinajstić information content (AvgIpc) is 2.24. The van der Waals surface area contributed by atoms with E-state index >= 15 is 0 Å². The molecular weight excluding hydrogens is 339 g/mol. The molecular formula is C7H2ClF5N2O4S. The first kappa shape index (κ1) is 16.5. The minimum Gasteiger partial charge on any atom is -0.258 e. The number of nitrogens with zero attached hydrogens (tertiary/aromatic N) is 2. The highest BCUT2D eigenvalue weighted by atomic mass is 35.7. The summed E-state index contributed by atoms with van der Waals surface area (Å²) in [6.07, 6.45) is -9.40. The molecule has 1 heterocycles. The van der Waals surface area contributed by atoms with Gasteiger partial charge in [0.1, 0.15) is 5.69 Å². The predicted octanol–water partition coefficient (Wildman–Crippen LogP) is 2.87. The molecule has 0 unspecified atom stereocenters. The topological polar surface area (TPSA) is 90.2 Å². The Bertz CT molecular complexity index is 660. The van der Waals surface area contributed by atoms with Gasteiger partial charge in [0.15, 0.2) is 10.6 Å². The molecule has 0 spiro atoms. The van der Waals surface area contributed by atoms with Crippen molar-refractivity contribution in [2.75, 3.05) is 0 Å². The fourth-order valence-electron chi connectivity index (χ4n) is 1.24. The second-order valence-corrected chi connectivity index (χ2v) is 5.75. The molecule has 0 aliphatic heterocycles. The van der Waals surface area contributed by atoms with E-state index in [1.165, 1.54) is 0 Å². The van der Waals surface area contributed by atoms with E-state index < -0.39 is 48.5 Å². The van der Waals surface area contributed by atoms with Crippen LogP contribution < -0.4 is 0 Å². The van der Waals surface area contributed by atoms with Crippen LogP contribution in [0.3, 0.4) is 0 Å². The lowest BCUT2D eigenvalue weighted by Gasteiger charge is -2.12. The zero-order chi connectivity index (χ0) is 15.9. The smallest absolute Gasteiger partial charge is 0.258 e. The normalized spacial score (nSPS) is 12.8. The Hall–Kier alpha value is -1.56. The summed E-state index contributed by atoms with van der Waals surface area (Å²) in [6.45, 7) is 0. The van der Waals surface area contributed by atoms with Gasteiger partial charge in [-0.05, 0) is 0 Å². The number of pyridine rings is 1. The third-order valence-corrected chi connectivity index (χ3v) is 3.12. The van der Waals surface area contributed by atoms with Crippen molar-refractivity contribution in [3.8, 4) is 0 Å². The second-order valence-electron chi connectivity index (χ2n) is 3.23. The largest absolute Gasteiger partial charge is 0.425 e. The van der Waals surface area contributed by atoms with E-state index in [0.717, 1.165) is 0 Å². The molecule has 0 bridgehead atoms. The van der Waals surface area contributed by atoms with Crippen LogP contribution in [0.4, 0.5) is 27.6 Å². The molecule has 0 saturated carbocycles. The summed E-state index contributed by atoms with van der Waals surface area (Å²) < 4.78 is 84.7. The van der Waals surface area contributed by atoms with E-state index in [1.54, 1.807) is 0 Å². The summed E-state index contributed by atoms with van der Waals surface area (Å²) in [7, 11) is -0.0817. The Morgan fingerprint density at radius 3 is 2.15 bits per heavy atom. The molecule has 0 aromatic carbocycles. The molecule has 0 radical (unpaired) electrons. The molecule has 13 heteroatoms. The summed E-state index contributed by atoms with van der Waals surface area (Å²) in [5.74, 6) is 0. The van der Waals surface area contributed by atoms with Gasteiger partial charge < -0.3 is 0 Å². The molecule has 0 fully saturated rings. The second kappa shape index (κ2) is 5.09. The van der Waals surface area contributed by atoms with Gasteiger partial charge in [-0.15, -0.1) is 0 Å². The monoisotopic (exact) mass is 340 g/mol. The third-order valence-electron chi connectivity index (χ3n) is 1.94. The highest BCUT2D eigenvalue weighted by molar-refractivity contribution is 8.13. The van der Waals surface area contributed by atoms with Crippen molar-refractivity contribution in [3.63, 3.8) is 0 Å². The van der Waals surface area contributed by atoms with Crippen LogP contribution in [0.1, 0.15) is 17.7 Å². The van der Waals surface area contributed by atoms with Gasteiger partial charge in [-0.25, -0.2) is 22.2 Å². The van der Waals surface area contributed by atoms with Crippen LogP contribution in [0.5, 0.6) is 0 Å². The molecule has 0 aliphatic rings. The molecule has 0 atom stereocenters. The number of hydrogen-bond donors (Lipinski definition) is 0. The number of nitro groups is 1. The van der Waals surface area contributed by atoms with Crippen LogP contribution in [-0.4, -0.2) is 18.3 Å². The Labute approximate surface area is 111 Å². The van der Waals surface area contributed by atoms with Crippen LogP contribution in [-0.2, 0) is 15.2 Å². The van der Waals surface area contributed by atoms with E-state index in [-0.39, 0.29) is 6.07 Å². The highest BCUT2D eigenvalue weighted by Crippen LogP contribution is 2.42. The van der Waals surface area contributed by atoms with E-state index in [9.17, 15) is 40.5 Å². The zero-order valence-corrected chi connectivity index (χ0v) is 10.4. The molecule has 0 N–H and O–H groups in total. The van der Waals surface area contributed by atoms with Gasteiger partial charge >= 0.3 is 6.18 Å². The predicted molar refractivity (Wildman–Crippen MR) is 53.9 cm³/mol. The first-order chi connectivity index (χ1) is 8.85. The Morgan fingerprint density at radius 2 is 1.85 bits per heavy atom. The lowest BCUT2D eigenvalue weighted by Crippen LogP contribution is -2.16. The van der Waals surface area contributed by atoms with Crippen LogP contribution in [0.2, 0.25) is 0 Å². The Kier molecular flexibility index (Phi) is 4.20. The van der Waals surface area contributed by atoms with Gasteiger partial charge in [-0.2, -0.15) is 13.2 Å². The molecule has 6 nitrogen and oxygen atoms in total. The van der Waals surface area contributed by atoms with Crippen molar-refractivity contribution in [2.24, 2.45) is 0 Å². The van der Waals surface area contributed by atoms with Crippen LogP contribution in [0.15, 0.2) is 11.1 Å². The van der Waals surface area contributed by atoms with Gasteiger partial charge in [0, 0.05) is 10.7 Å². The van der Waals surface area contributed by atoms with E-state index in [4.69, 9.17) is 10.7 Å². The van der Waals surface area contributed by atoms with Crippen LogP contribution in [0.25, 0.3) is 0 Å². The van der Waals surface area contributed by atoms with Gasteiger partial charge in [-0.1, -0.05) is 0 Å². The van der Waals surface area contributed by atoms with Crippen molar-refractivity contribution in [1.82, 2.24) is 4.98 Å². The molecule has 1 aromatic rings. The van der Waals surface area contributed by atoms with Crippen molar-refractivity contribution in [1.29, 1.82) is 0 Å². The van der Waals surface area contributed by atoms with Gasteiger partial charge in [0.05, 0.1) is 11.0 Å². The first-order valence-electron chi connectivity index (χ1n) is 4.35. The Balaban J connectivity index is 3.88. The number of rotatable bonds is 3. The molecule has 0 amide bonds. The van der Waals surface area contributed by atoms with Crippen molar-refractivity contribution in [3.05, 3.63) is 27.4 Å². The van der Waals surface area contributed by atoms with Crippen molar-refractivity contribution in [2.45, 2.75) is 17.6 Å². The lowest BCUT2D eigenvalue weighted by molar-refractivity contribution is -0.388. The standard InChI is InChI=1S/C7H2ClF5N2O4S/c8-20(18,19)3-1-2(15(16)17)4(7(11,12)13)5(14-3)6(9)10/h1,6H. The molecule has 0 aliphatic carbocycles. The number of hydrogen-bond acceptors (Lipinski definition) is 5. The minimum absolute atomic E-state index is 0.128. The summed E-state index contributed by atoms with van der Waals surface area (Å²) in [4.78, 5) is 11.4. The summed E-state index contributed by atoms with van der Waals surface area (Å²) in [5.41, 5.74) is -6.27. The van der Waals surface area contributed by atoms with E-state index in [0.29, 0.717) is 0 Å².